The molecule has 0 bridgehead atoms. The van der Waals surface area contributed by atoms with Crippen LogP contribution in [0.25, 0.3) is 0 Å². The number of aryl methyl sites for hydroxylation is 4. The second-order valence-corrected chi connectivity index (χ2v) is 7.15. The predicted molar refractivity (Wildman–Crippen MR) is 116 cm³/mol. The van der Waals surface area contributed by atoms with E-state index in [2.05, 4.69) is 63.5 Å². The third-order valence-corrected chi connectivity index (χ3v) is 4.66. The van der Waals surface area contributed by atoms with E-state index in [0.717, 1.165) is 33.4 Å². The first-order valence-electron chi connectivity index (χ1n) is 9.39. The number of hydrogen-bond acceptors (Lipinski definition) is 1. The highest BCUT2D eigenvalue weighted by atomic mass is 16.3. The molecule has 3 aromatic rings. The van der Waals surface area contributed by atoms with Crippen molar-refractivity contribution in [3.05, 3.63) is 105 Å². The zero-order chi connectivity index (χ0) is 20.1. The van der Waals surface area contributed by atoms with Crippen LogP contribution in [0.4, 0.5) is 0 Å². The molecule has 0 fully saturated rings. The van der Waals surface area contributed by atoms with E-state index in [1.807, 2.05) is 48.5 Å². The Bertz CT molecular complexity index is 1090. The fraction of sp³-hybridized carbons (Fsp3) is 0.185. The summed E-state index contributed by atoms with van der Waals surface area (Å²) in [4.78, 5) is 0. The van der Waals surface area contributed by atoms with Gasteiger partial charge in [-0.1, -0.05) is 77.3 Å². The predicted octanol–water partition coefficient (Wildman–Crippen LogP) is 5.41. The molecule has 0 saturated heterocycles. The van der Waals surface area contributed by atoms with Gasteiger partial charge in [0, 0.05) is 22.3 Å². The van der Waals surface area contributed by atoms with Crippen LogP contribution in [-0.2, 0) is 0 Å². The Labute approximate surface area is 168 Å². The van der Waals surface area contributed by atoms with Crippen LogP contribution in [0.5, 0.6) is 0 Å². The standard InChI is InChI=1S/C27H24O/c1-19-9-11-23(12-10-19)13-14-24-7-5-6-8-26(24)27(28)16-15-25-21(3)17-20(2)18-22(25)4/h5-12,17-18,27-28H,1-4H3. The zero-order valence-electron chi connectivity index (χ0n) is 16.8. The maximum atomic E-state index is 10.7. The van der Waals surface area contributed by atoms with Gasteiger partial charge in [-0.2, -0.15) is 0 Å². The summed E-state index contributed by atoms with van der Waals surface area (Å²) in [7, 11) is 0. The van der Waals surface area contributed by atoms with Gasteiger partial charge in [-0.05, 0) is 57.0 Å². The molecule has 0 spiro atoms. The Morgan fingerprint density at radius 3 is 2.04 bits per heavy atom. The second-order valence-electron chi connectivity index (χ2n) is 7.15. The van der Waals surface area contributed by atoms with Crippen molar-refractivity contribution in [3.63, 3.8) is 0 Å². The van der Waals surface area contributed by atoms with Crippen LogP contribution >= 0.6 is 0 Å². The molecule has 1 nitrogen and oxygen atoms in total. The molecule has 3 aromatic carbocycles. The summed E-state index contributed by atoms with van der Waals surface area (Å²) in [6, 6.07) is 20.0. The number of rotatable bonds is 1. The molecule has 1 heteroatoms. The van der Waals surface area contributed by atoms with Crippen molar-refractivity contribution < 1.29 is 5.11 Å². The molecule has 0 saturated carbocycles. The Morgan fingerprint density at radius 1 is 0.714 bits per heavy atom. The number of aliphatic hydroxyl groups excluding tert-OH is 1. The zero-order valence-corrected chi connectivity index (χ0v) is 16.8. The fourth-order valence-corrected chi connectivity index (χ4v) is 3.22. The molecule has 1 unspecified atom stereocenters. The molecule has 28 heavy (non-hydrogen) atoms. The molecule has 1 N–H and O–H groups in total. The van der Waals surface area contributed by atoms with Gasteiger partial charge in [-0.15, -0.1) is 0 Å². The average molecular weight is 364 g/mol. The molecule has 0 amide bonds. The van der Waals surface area contributed by atoms with Gasteiger partial charge in [0.15, 0.2) is 0 Å². The van der Waals surface area contributed by atoms with Gasteiger partial charge >= 0.3 is 0 Å². The van der Waals surface area contributed by atoms with Crippen LogP contribution in [0.15, 0.2) is 60.7 Å². The Kier molecular flexibility index (Phi) is 6.00. The molecule has 1 atom stereocenters. The lowest BCUT2D eigenvalue weighted by Gasteiger charge is -2.08. The molecule has 138 valence electrons. The highest BCUT2D eigenvalue weighted by Crippen LogP contribution is 2.19. The topological polar surface area (TPSA) is 20.2 Å². The van der Waals surface area contributed by atoms with Crippen LogP contribution in [0.3, 0.4) is 0 Å². The molecule has 0 aromatic heterocycles. The van der Waals surface area contributed by atoms with Gasteiger partial charge in [-0.3, -0.25) is 0 Å². The SMILES string of the molecule is Cc1ccc(C#Cc2ccccc2C(O)C#Cc2c(C)cc(C)cc2C)cc1. The highest BCUT2D eigenvalue weighted by Gasteiger charge is 2.08. The van der Waals surface area contributed by atoms with E-state index in [9.17, 15) is 5.11 Å². The number of benzene rings is 3. The Morgan fingerprint density at radius 2 is 1.36 bits per heavy atom. The summed E-state index contributed by atoms with van der Waals surface area (Å²) in [5.41, 5.74) is 8.14. The van der Waals surface area contributed by atoms with Crippen molar-refractivity contribution in [1.82, 2.24) is 0 Å². The number of aliphatic hydroxyl groups is 1. The van der Waals surface area contributed by atoms with Gasteiger partial charge in [0.1, 0.15) is 6.10 Å². The molecule has 0 aliphatic carbocycles. The van der Waals surface area contributed by atoms with Crippen LogP contribution < -0.4 is 0 Å². The van der Waals surface area contributed by atoms with Gasteiger partial charge < -0.3 is 5.11 Å². The molecule has 0 radical (unpaired) electrons. The Hall–Kier alpha value is -3.26. The first kappa shape index (κ1) is 19.5. The monoisotopic (exact) mass is 364 g/mol. The van der Waals surface area contributed by atoms with Crippen molar-refractivity contribution in [2.75, 3.05) is 0 Å². The summed E-state index contributed by atoms with van der Waals surface area (Å²) >= 11 is 0. The van der Waals surface area contributed by atoms with Gasteiger partial charge in [-0.25, -0.2) is 0 Å². The lowest BCUT2D eigenvalue weighted by Crippen LogP contribution is -1.98. The molecule has 0 aliphatic heterocycles. The van der Waals surface area contributed by atoms with E-state index >= 15 is 0 Å². The summed E-state index contributed by atoms with van der Waals surface area (Å²) < 4.78 is 0. The van der Waals surface area contributed by atoms with Crippen LogP contribution in [-0.4, -0.2) is 5.11 Å². The van der Waals surface area contributed by atoms with E-state index in [4.69, 9.17) is 0 Å². The van der Waals surface area contributed by atoms with Crippen LogP contribution in [0.2, 0.25) is 0 Å². The maximum absolute atomic E-state index is 10.7. The first-order chi connectivity index (χ1) is 13.4. The summed E-state index contributed by atoms with van der Waals surface area (Å²) in [6.45, 7) is 8.24. The van der Waals surface area contributed by atoms with Gasteiger partial charge in [0.25, 0.3) is 0 Å². The van der Waals surface area contributed by atoms with E-state index < -0.39 is 6.10 Å². The fourth-order valence-electron chi connectivity index (χ4n) is 3.22. The normalized spacial score (nSPS) is 11.0. The van der Waals surface area contributed by atoms with E-state index in [1.54, 1.807) is 0 Å². The van der Waals surface area contributed by atoms with Crippen molar-refractivity contribution in [2.24, 2.45) is 0 Å². The Balaban J connectivity index is 1.91. The number of hydrogen-bond donors (Lipinski definition) is 1. The maximum Gasteiger partial charge on any atom is 0.141 e. The van der Waals surface area contributed by atoms with Crippen LogP contribution in [0.1, 0.15) is 50.6 Å². The molecule has 0 heterocycles. The molecular weight excluding hydrogens is 340 g/mol. The summed E-state index contributed by atoms with van der Waals surface area (Å²) in [5.74, 6) is 12.5. The third-order valence-electron chi connectivity index (χ3n) is 4.66. The largest absolute Gasteiger partial charge is 0.376 e. The smallest absolute Gasteiger partial charge is 0.141 e. The first-order valence-corrected chi connectivity index (χ1v) is 9.39. The lowest BCUT2D eigenvalue weighted by atomic mass is 9.98. The lowest BCUT2D eigenvalue weighted by molar-refractivity contribution is 0.238. The van der Waals surface area contributed by atoms with E-state index in [0.29, 0.717) is 0 Å². The van der Waals surface area contributed by atoms with Crippen molar-refractivity contribution in [3.8, 4) is 23.7 Å². The van der Waals surface area contributed by atoms with Crippen molar-refractivity contribution in [1.29, 1.82) is 0 Å². The van der Waals surface area contributed by atoms with Crippen molar-refractivity contribution >= 4 is 0 Å². The summed E-state index contributed by atoms with van der Waals surface area (Å²) in [6.07, 6.45) is -0.886. The van der Waals surface area contributed by atoms with Gasteiger partial charge in [0.2, 0.25) is 0 Å². The van der Waals surface area contributed by atoms with E-state index in [-0.39, 0.29) is 0 Å². The minimum atomic E-state index is -0.886. The minimum absolute atomic E-state index is 0.733. The quantitative estimate of drug-likeness (QED) is 0.573. The minimum Gasteiger partial charge on any atom is -0.376 e. The molecule has 3 rings (SSSR count). The average Bonchev–Trinajstić information content (AvgIpc) is 2.67. The van der Waals surface area contributed by atoms with Gasteiger partial charge in [0.05, 0.1) is 0 Å². The van der Waals surface area contributed by atoms with E-state index in [1.165, 1.54) is 11.1 Å². The molecule has 0 aliphatic rings. The van der Waals surface area contributed by atoms with Crippen molar-refractivity contribution in [2.45, 2.75) is 33.8 Å². The van der Waals surface area contributed by atoms with Crippen LogP contribution in [0, 0.1) is 51.4 Å². The third kappa shape index (κ3) is 4.72. The molecular formula is C27H24O. The summed E-state index contributed by atoms with van der Waals surface area (Å²) in [5, 5.41) is 10.7. The second kappa shape index (κ2) is 8.62. The highest BCUT2D eigenvalue weighted by molar-refractivity contribution is 5.52.